The molecule has 29 heavy (non-hydrogen) atoms. The number of nitrogens with one attached hydrogen (secondary N) is 2. The molecular weight excluding hydrogens is 370 g/mol. The summed E-state index contributed by atoms with van der Waals surface area (Å²) in [5, 5.41) is 7.13. The van der Waals surface area contributed by atoms with Gasteiger partial charge in [0.15, 0.2) is 11.5 Å². The van der Waals surface area contributed by atoms with Gasteiger partial charge in [-0.25, -0.2) is 5.43 Å². The van der Waals surface area contributed by atoms with Gasteiger partial charge in [-0.05, 0) is 55.7 Å². The van der Waals surface area contributed by atoms with Crippen molar-refractivity contribution in [2.45, 2.75) is 26.2 Å². The molecule has 7 nitrogen and oxygen atoms in total. The summed E-state index contributed by atoms with van der Waals surface area (Å²) < 4.78 is 10.4. The lowest BCUT2D eigenvalue weighted by atomic mass is 9.85. The summed E-state index contributed by atoms with van der Waals surface area (Å²) in [5.41, 5.74) is 5.11. The highest BCUT2D eigenvalue weighted by molar-refractivity contribution is 6.02. The molecule has 2 amide bonds. The lowest BCUT2D eigenvalue weighted by Crippen LogP contribution is -2.28. The second-order valence-electron chi connectivity index (χ2n) is 6.91. The summed E-state index contributed by atoms with van der Waals surface area (Å²) in [7, 11) is 3.05. The Morgan fingerprint density at radius 1 is 1.00 bits per heavy atom. The normalized spacial score (nSPS) is 14.0. The Morgan fingerprint density at radius 2 is 1.76 bits per heavy atom. The van der Waals surface area contributed by atoms with E-state index in [-0.39, 0.29) is 17.7 Å². The fourth-order valence-corrected chi connectivity index (χ4v) is 2.98. The molecule has 0 radical (unpaired) electrons. The molecule has 2 aromatic carbocycles. The predicted octanol–water partition coefficient (Wildman–Crippen LogP) is 3.60. The average Bonchev–Trinajstić information content (AvgIpc) is 2.69. The summed E-state index contributed by atoms with van der Waals surface area (Å²) in [4.78, 5) is 24.5. The summed E-state index contributed by atoms with van der Waals surface area (Å²) in [6, 6.07) is 12.3. The van der Waals surface area contributed by atoms with Crippen LogP contribution in [0.1, 0.15) is 42.1 Å². The quantitative estimate of drug-likeness (QED) is 0.554. The standard InChI is InChI=1S/C22H25N3O4/c1-14(16-8-5-9-18(12-16)23-21(26)15-6-4-7-15)24-25-22(27)17-10-11-19(28-2)20(13-17)29-3/h5,8-13,15H,4,6-7H2,1-3H3,(H,23,26)(H,25,27). The maximum Gasteiger partial charge on any atom is 0.271 e. The summed E-state index contributed by atoms with van der Waals surface area (Å²) in [6.45, 7) is 1.79. The van der Waals surface area contributed by atoms with Crippen molar-refractivity contribution < 1.29 is 19.1 Å². The summed E-state index contributed by atoms with van der Waals surface area (Å²) in [5.74, 6) is 0.832. The van der Waals surface area contributed by atoms with Gasteiger partial charge in [0.25, 0.3) is 5.91 Å². The molecule has 2 N–H and O–H groups in total. The number of amides is 2. The van der Waals surface area contributed by atoms with Crippen LogP contribution in [-0.2, 0) is 4.79 Å². The molecular formula is C22H25N3O4. The van der Waals surface area contributed by atoms with Crippen LogP contribution in [0.25, 0.3) is 0 Å². The number of nitrogens with zero attached hydrogens (tertiary/aromatic N) is 1. The monoisotopic (exact) mass is 395 g/mol. The van der Waals surface area contributed by atoms with E-state index in [4.69, 9.17) is 9.47 Å². The van der Waals surface area contributed by atoms with Crippen LogP contribution in [0, 0.1) is 5.92 Å². The summed E-state index contributed by atoms with van der Waals surface area (Å²) >= 11 is 0. The minimum Gasteiger partial charge on any atom is -0.493 e. The van der Waals surface area contributed by atoms with Gasteiger partial charge >= 0.3 is 0 Å². The first-order valence-corrected chi connectivity index (χ1v) is 9.49. The molecule has 0 aliphatic heterocycles. The molecule has 1 saturated carbocycles. The van der Waals surface area contributed by atoms with Crippen molar-refractivity contribution in [2.24, 2.45) is 11.0 Å². The lowest BCUT2D eigenvalue weighted by molar-refractivity contribution is -0.122. The van der Waals surface area contributed by atoms with Crippen molar-refractivity contribution in [3.05, 3.63) is 53.6 Å². The van der Waals surface area contributed by atoms with Crippen molar-refractivity contribution in [3.8, 4) is 11.5 Å². The van der Waals surface area contributed by atoms with Gasteiger partial charge in [0.05, 0.1) is 19.9 Å². The third kappa shape index (κ3) is 4.93. The summed E-state index contributed by atoms with van der Waals surface area (Å²) in [6.07, 6.45) is 3.02. The van der Waals surface area contributed by atoms with Crippen molar-refractivity contribution in [1.82, 2.24) is 5.43 Å². The van der Waals surface area contributed by atoms with E-state index >= 15 is 0 Å². The van der Waals surface area contributed by atoms with Gasteiger partial charge in [0.2, 0.25) is 5.91 Å². The van der Waals surface area contributed by atoms with Gasteiger partial charge in [0.1, 0.15) is 0 Å². The van der Waals surface area contributed by atoms with E-state index in [0.29, 0.717) is 22.8 Å². The van der Waals surface area contributed by atoms with E-state index in [9.17, 15) is 9.59 Å². The van der Waals surface area contributed by atoms with Gasteiger partial charge < -0.3 is 14.8 Å². The number of hydrogen-bond donors (Lipinski definition) is 2. The number of rotatable bonds is 7. The van der Waals surface area contributed by atoms with Crippen LogP contribution < -0.4 is 20.2 Å². The Hall–Kier alpha value is -3.35. The molecule has 2 aromatic rings. The van der Waals surface area contributed by atoms with Crippen molar-refractivity contribution in [1.29, 1.82) is 0 Å². The van der Waals surface area contributed by atoms with Gasteiger partial charge in [-0.2, -0.15) is 5.10 Å². The van der Waals surface area contributed by atoms with E-state index in [0.717, 1.165) is 30.5 Å². The number of anilines is 1. The van der Waals surface area contributed by atoms with Gasteiger partial charge in [-0.1, -0.05) is 18.6 Å². The maximum atomic E-state index is 12.4. The Kier molecular flexibility index (Phi) is 6.49. The average molecular weight is 395 g/mol. The lowest BCUT2D eigenvalue weighted by Gasteiger charge is -2.24. The van der Waals surface area contributed by atoms with Gasteiger partial charge in [-0.15, -0.1) is 0 Å². The Balaban J connectivity index is 1.67. The molecule has 152 valence electrons. The zero-order valence-electron chi connectivity index (χ0n) is 16.8. The second-order valence-corrected chi connectivity index (χ2v) is 6.91. The molecule has 1 aliphatic carbocycles. The van der Waals surface area contributed by atoms with E-state index in [1.165, 1.54) is 14.2 Å². The van der Waals surface area contributed by atoms with E-state index < -0.39 is 0 Å². The first-order valence-electron chi connectivity index (χ1n) is 9.49. The minimum absolute atomic E-state index is 0.0600. The van der Waals surface area contributed by atoms with E-state index in [1.807, 2.05) is 24.3 Å². The molecule has 1 aliphatic rings. The van der Waals surface area contributed by atoms with Crippen LogP contribution in [0.3, 0.4) is 0 Å². The molecule has 0 saturated heterocycles. The van der Waals surface area contributed by atoms with Crippen LogP contribution >= 0.6 is 0 Å². The SMILES string of the molecule is COc1ccc(C(=O)NN=C(C)c2cccc(NC(=O)C3CCC3)c2)cc1OC. The van der Waals surface area contributed by atoms with Gasteiger partial charge in [0, 0.05) is 17.2 Å². The highest BCUT2D eigenvalue weighted by Gasteiger charge is 2.25. The topological polar surface area (TPSA) is 89.0 Å². The molecule has 0 atom stereocenters. The van der Waals surface area contributed by atoms with Gasteiger partial charge in [-0.3, -0.25) is 9.59 Å². The Bertz CT molecular complexity index is 935. The van der Waals surface area contributed by atoms with E-state index in [1.54, 1.807) is 25.1 Å². The van der Waals surface area contributed by atoms with Crippen LogP contribution in [0.2, 0.25) is 0 Å². The number of methoxy groups -OCH3 is 2. The molecule has 3 rings (SSSR count). The number of hydrogen-bond acceptors (Lipinski definition) is 5. The van der Waals surface area contributed by atoms with Crippen LogP contribution in [0.5, 0.6) is 11.5 Å². The highest BCUT2D eigenvalue weighted by Crippen LogP contribution is 2.28. The highest BCUT2D eigenvalue weighted by atomic mass is 16.5. The number of carbonyl (C=O) groups excluding carboxylic acids is 2. The molecule has 1 fully saturated rings. The first kappa shape index (κ1) is 20.4. The molecule has 7 heteroatoms. The number of carbonyl (C=O) groups is 2. The third-order valence-corrected chi connectivity index (χ3v) is 4.99. The molecule has 0 aromatic heterocycles. The van der Waals surface area contributed by atoms with E-state index in [2.05, 4.69) is 15.8 Å². The number of benzene rings is 2. The molecule has 0 heterocycles. The second kappa shape index (κ2) is 9.23. The largest absolute Gasteiger partial charge is 0.493 e. The maximum absolute atomic E-state index is 12.4. The Labute approximate surface area is 170 Å². The van der Waals surface area contributed by atoms with Crippen LogP contribution in [0.4, 0.5) is 5.69 Å². The number of ether oxygens (including phenoxy) is 2. The smallest absolute Gasteiger partial charge is 0.271 e. The van der Waals surface area contributed by atoms with Crippen molar-refractivity contribution in [3.63, 3.8) is 0 Å². The van der Waals surface area contributed by atoms with Crippen LogP contribution in [0.15, 0.2) is 47.6 Å². The predicted molar refractivity (Wildman–Crippen MR) is 112 cm³/mol. The minimum atomic E-state index is -0.361. The Morgan fingerprint density at radius 3 is 2.41 bits per heavy atom. The first-order chi connectivity index (χ1) is 14.0. The van der Waals surface area contributed by atoms with Crippen molar-refractivity contribution >= 4 is 23.2 Å². The zero-order valence-corrected chi connectivity index (χ0v) is 16.8. The third-order valence-electron chi connectivity index (χ3n) is 4.99. The molecule has 0 bridgehead atoms. The van der Waals surface area contributed by atoms with Crippen molar-refractivity contribution in [2.75, 3.05) is 19.5 Å². The number of hydrazone groups is 1. The van der Waals surface area contributed by atoms with Crippen LogP contribution in [-0.4, -0.2) is 31.7 Å². The fourth-order valence-electron chi connectivity index (χ4n) is 2.98. The fraction of sp³-hybridized carbons (Fsp3) is 0.318. The zero-order chi connectivity index (χ0) is 20.8. The molecule has 0 spiro atoms. The molecule has 0 unspecified atom stereocenters.